The van der Waals surface area contributed by atoms with E-state index in [-0.39, 0.29) is 24.9 Å². The molecule has 0 aliphatic carbocycles. The maximum Gasteiger partial charge on any atom is 0.306 e. The van der Waals surface area contributed by atoms with Crippen LogP contribution in [0.1, 0.15) is 284 Å². The number of rotatable bonds is 50. The first-order valence-electron chi connectivity index (χ1n) is 27.9. The van der Waals surface area contributed by atoms with Gasteiger partial charge in [-0.2, -0.15) is 0 Å². The minimum Gasteiger partial charge on any atom is -0.462 e. The first-order valence-corrected chi connectivity index (χ1v) is 27.9. The summed E-state index contributed by atoms with van der Waals surface area (Å²) < 4.78 is 5.92. The fraction of sp³-hybridized carbons (Fsp3) is 0.828. The van der Waals surface area contributed by atoms with Crippen LogP contribution in [0.25, 0.3) is 0 Å². The zero-order valence-electron chi connectivity index (χ0n) is 42.7. The van der Waals surface area contributed by atoms with Gasteiger partial charge >= 0.3 is 5.97 Å². The Labute approximate surface area is 397 Å². The normalized spacial score (nSPS) is 13.5. The maximum atomic E-state index is 13.2. The lowest BCUT2D eigenvalue weighted by molar-refractivity contribution is -0.151. The third-order valence-electron chi connectivity index (χ3n) is 12.7. The van der Waals surface area contributed by atoms with Gasteiger partial charge in [0.1, 0.15) is 6.10 Å². The van der Waals surface area contributed by atoms with Gasteiger partial charge in [-0.1, -0.05) is 256 Å². The molecule has 0 fully saturated rings. The van der Waals surface area contributed by atoms with E-state index in [1.165, 1.54) is 167 Å². The van der Waals surface area contributed by atoms with E-state index in [0.717, 1.165) is 64.2 Å². The highest BCUT2D eigenvalue weighted by Gasteiger charge is 2.24. The number of hydrogen-bond donors (Lipinski definition) is 3. The molecule has 0 aliphatic rings. The van der Waals surface area contributed by atoms with Gasteiger partial charge in [0.2, 0.25) is 5.91 Å². The zero-order chi connectivity index (χ0) is 46.7. The molecule has 0 spiro atoms. The Kier molecular flexibility index (Phi) is 50.0. The van der Waals surface area contributed by atoms with Crippen LogP contribution in [0.2, 0.25) is 0 Å². The standard InChI is InChI=1S/C58H107NO5/c1-4-7-10-13-16-19-22-25-27-29-31-33-36-39-42-45-48-51-58(63)64-54(49-46-43-40-37-34-24-21-18-15-12-9-6-3)52-57(62)59-55(53-60)56(61)50-47-44-41-38-35-32-30-28-26-23-20-17-14-11-8-5-2/h16,19,25,27,31,33,39,42,54-56,60-61H,4-15,17-18,20-24,26,28-30,32,34-38,40-41,43-53H2,1-3H3,(H,59,62)/b19-16-,27-25-,33-31-,42-39-. The Morgan fingerprint density at radius 2 is 0.797 bits per heavy atom. The van der Waals surface area contributed by atoms with Crippen molar-refractivity contribution < 1.29 is 24.5 Å². The predicted octanol–water partition coefficient (Wildman–Crippen LogP) is 17.0. The van der Waals surface area contributed by atoms with Crippen LogP contribution >= 0.6 is 0 Å². The van der Waals surface area contributed by atoms with Gasteiger partial charge in [0.25, 0.3) is 0 Å². The summed E-state index contributed by atoms with van der Waals surface area (Å²) in [6.45, 7) is 6.47. The Hall–Kier alpha value is -2.18. The molecule has 1 amide bonds. The predicted molar refractivity (Wildman–Crippen MR) is 278 cm³/mol. The van der Waals surface area contributed by atoms with Crippen molar-refractivity contribution in [3.63, 3.8) is 0 Å². The summed E-state index contributed by atoms with van der Waals surface area (Å²) in [5.41, 5.74) is 0. The minimum atomic E-state index is -0.796. The third kappa shape index (κ3) is 46.4. The molecule has 0 saturated carbocycles. The average molecular weight is 898 g/mol. The van der Waals surface area contributed by atoms with E-state index in [4.69, 9.17) is 4.74 Å². The fourth-order valence-corrected chi connectivity index (χ4v) is 8.42. The van der Waals surface area contributed by atoms with Gasteiger partial charge in [0, 0.05) is 6.42 Å². The number of nitrogens with one attached hydrogen (secondary N) is 1. The lowest BCUT2D eigenvalue weighted by Crippen LogP contribution is -2.46. The van der Waals surface area contributed by atoms with E-state index in [1.807, 2.05) is 0 Å². The van der Waals surface area contributed by atoms with Crippen LogP contribution in [0.4, 0.5) is 0 Å². The van der Waals surface area contributed by atoms with Crippen LogP contribution in [0.5, 0.6) is 0 Å². The molecular formula is C58H107NO5. The summed E-state index contributed by atoms with van der Waals surface area (Å²) in [5, 5.41) is 23.8. The van der Waals surface area contributed by atoms with Crippen LogP contribution in [-0.2, 0) is 14.3 Å². The average Bonchev–Trinajstić information content (AvgIpc) is 3.29. The van der Waals surface area contributed by atoms with E-state index in [0.29, 0.717) is 25.7 Å². The molecule has 0 aromatic heterocycles. The number of aliphatic hydroxyl groups is 2. The molecule has 0 heterocycles. The summed E-state index contributed by atoms with van der Waals surface area (Å²) in [6.07, 6.45) is 63.2. The molecule has 6 heteroatoms. The topological polar surface area (TPSA) is 95.9 Å². The molecule has 3 atom stereocenters. The molecular weight excluding hydrogens is 791 g/mol. The van der Waals surface area contributed by atoms with Crippen molar-refractivity contribution in [3.8, 4) is 0 Å². The second-order valence-corrected chi connectivity index (χ2v) is 19.0. The number of allylic oxidation sites excluding steroid dienone is 8. The van der Waals surface area contributed by atoms with Crippen LogP contribution < -0.4 is 5.32 Å². The molecule has 3 unspecified atom stereocenters. The van der Waals surface area contributed by atoms with Crippen LogP contribution in [0.15, 0.2) is 48.6 Å². The first-order chi connectivity index (χ1) is 31.5. The number of aliphatic hydroxyl groups excluding tert-OH is 2. The van der Waals surface area contributed by atoms with Crippen LogP contribution in [0, 0.1) is 0 Å². The van der Waals surface area contributed by atoms with Crippen molar-refractivity contribution >= 4 is 11.9 Å². The van der Waals surface area contributed by atoms with Crippen molar-refractivity contribution in [2.75, 3.05) is 6.61 Å². The lowest BCUT2D eigenvalue weighted by Gasteiger charge is -2.24. The zero-order valence-corrected chi connectivity index (χ0v) is 42.7. The molecule has 64 heavy (non-hydrogen) atoms. The van der Waals surface area contributed by atoms with Crippen molar-refractivity contribution in [2.24, 2.45) is 0 Å². The molecule has 0 saturated heterocycles. The monoisotopic (exact) mass is 898 g/mol. The van der Waals surface area contributed by atoms with Crippen molar-refractivity contribution in [1.82, 2.24) is 5.32 Å². The molecule has 0 aliphatic heterocycles. The highest BCUT2D eigenvalue weighted by molar-refractivity contribution is 5.77. The van der Waals surface area contributed by atoms with E-state index >= 15 is 0 Å². The molecule has 6 nitrogen and oxygen atoms in total. The Morgan fingerprint density at radius 1 is 0.453 bits per heavy atom. The van der Waals surface area contributed by atoms with Crippen LogP contribution in [0.3, 0.4) is 0 Å². The smallest absolute Gasteiger partial charge is 0.306 e. The number of amides is 1. The minimum absolute atomic E-state index is 0.0587. The Morgan fingerprint density at radius 3 is 1.20 bits per heavy atom. The summed E-state index contributed by atoms with van der Waals surface area (Å²) >= 11 is 0. The summed E-state index contributed by atoms with van der Waals surface area (Å²) in [6, 6.07) is -0.711. The van der Waals surface area contributed by atoms with Gasteiger partial charge in [-0.15, -0.1) is 0 Å². The first kappa shape index (κ1) is 61.8. The number of ether oxygens (including phenoxy) is 1. The van der Waals surface area contributed by atoms with E-state index in [2.05, 4.69) is 74.7 Å². The van der Waals surface area contributed by atoms with Gasteiger partial charge in [0.05, 0.1) is 25.2 Å². The second kappa shape index (κ2) is 51.8. The van der Waals surface area contributed by atoms with E-state index in [1.54, 1.807) is 0 Å². The van der Waals surface area contributed by atoms with Gasteiger partial charge in [-0.25, -0.2) is 0 Å². The third-order valence-corrected chi connectivity index (χ3v) is 12.7. The van der Waals surface area contributed by atoms with E-state index < -0.39 is 18.2 Å². The molecule has 0 bridgehead atoms. The number of esters is 1. The Balaban J connectivity index is 4.57. The van der Waals surface area contributed by atoms with Crippen molar-refractivity contribution in [3.05, 3.63) is 48.6 Å². The lowest BCUT2D eigenvalue weighted by atomic mass is 10.0. The summed E-state index contributed by atoms with van der Waals surface area (Å²) in [4.78, 5) is 26.2. The summed E-state index contributed by atoms with van der Waals surface area (Å²) in [5.74, 6) is -0.530. The largest absolute Gasteiger partial charge is 0.462 e. The molecule has 0 rings (SSSR count). The van der Waals surface area contributed by atoms with Gasteiger partial charge in [-0.3, -0.25) is 9.59 Å². The number of hydrogen-bond acceptors (Lipinski definition) is 5. The SMILES string of the molecule is CCCCC/C=C\C/C=C\C/C=C\C/C=C\CCCC(=O)OC(CCCCCCCCCCCCCC)CC(=O)NC(CO)C(O)CCCCCCCCCCCCCCCCCC. The second-order valence-electron chi connectivity index (χ2n) is 19.0. The fourth-order valence-electron chi connectivity index (χ4n) is 8.42. The number of unbranched alkanes of at least 4 members (excludes halogenated alkanes) is 30. The van der Waals surface area contributed by atoms with Crippen molar-refractivity contribution in [2.45, 2.75) is 302 Å². The van der Waals surface area contributed by atoms with Crippen LogP contribution in [-0.4, -0.2) is 46.9 Å². The number of carbonyl (C=O) groups excluding carboxylic acids is 2. The van der Waals surface area contributed by atoms with Gasteiger partial charge in [0.15, 0.2) is 0 Å². The van der Waals surface area contributed by atoms with Gasteiger partial charge < -0.3 is 20.3 Å². The van der Waals surface area contributed by atoms with Crippen molar-refractivity contribution in [1.29, 1.82) is 0 Å². The maximum absolute atomic E-state index is 13.2. The molecule has 0 aromatic carbocycles. The Bertz CT molecular complexity index is 1100. The summed E-state index contributed by atoms with van der Waals surface area (Å²) in [7, 11) is 0. The molecule has 0 aromatic rings. The quantitative estimate of drug-likeness (QED) is 0.0321. The van der Waals surface area contributed by atoms with Gasteiger partial charge in [-0.05, 0) is 64.2 Å². The highest BCUT2D eigenvalue weighted by atomic mass is 16.5. The molecule has 0 radical (unpaired) electrons. The molecule has 3 N–H and O–H groups in total. The molecule has 374 valence electrons. The number of carbonyl (C=O) groups is 2. The highest BCUT2D eigenvalue weighted by Crippen LogP contribution is 2.18. The van der Waals surface area contributed by atoms with E-state index in [9.17, 15) is 19.8 Å².